The predicted octanol–water partition coefficient (Wildman–Crippen LogP) is 2.20. The van der Waals surface area contributed by atoms with Crippen molar-refractivity contribution >= 4 is 17.6 Å². The van der Waals surface area contributed by atoms with Crippen LogP contribution in [0.1, 0.15) is 57.8 Å². The zero-order valence-corrected chi connectivity index (χ0v) is 12.3. The Bertz CT molecular complexity index is 402. The van der Waals surface area contributed by atoms with Crippen molar-refractivity contribution in [3.05, 3.63) is 0 Å². The average Bonchev–Trinajstić information content (AvgIpc) is 2.96. The number of ether oxygens (including phenoxy) is 1. The fourth-order valence-electron chi connectivity index (χ4n) is 3.23. The van der Waals surface area contributed by atoms with Crippen LogP contribution < -0.4 is 5.32 Å². The monoisotopic (exact) mass is 296 g/mol. The molecule has 0 spiro atoms. The molecule has 0 aliphatic heterocycles. The molecule has 6 heteroatoms. The maximum atomic E-state index is 11.9. The summed E-state index contributed by atoms with van der Waals surface area (Å²) in [6.45, 7) is -0.0976. The molecule has 2 aliphatic carbocycles. The number of esters is 1. The summed E-state index contributed by atoms with van der Waals surface area (Å²) < 4.78 is 5.07. The van der Waals surface area contributed by atoms with Crippen molar-refractivity contribution in [2.24, 2.45) is 17.0 Å². The van der Waals surface area contributed by atoms with Crippen LogP contribution in [-0.4, -0.2) is 29.5 Å². The minimum atomic E-state index is -0.382. The van der Waals surface area contributed by atoms with Crippen LogP contribution in [0.25, 0.3) is 0 Å². The van der Waals surface area contributed by atoms with Gasteiger partial charge in [-0.1, -0.05) is 24.4 Å². The second-order valence-corrected chi connectivity index (χ2v) is 5.95. The molecule has 0 aromatic rings. The molecule has 2 N–H and O–H groups in total. The molecular weight excluding hydrogens is 272 g/mol. The van der Waals surface area contributed by atoms with Crippen molar-refractivity contribution in [3.63, 3.8) is 0 Å². The average molecular weight is 296 g/mol. The largest absolute Gasteiger partial charge is 0.444 e. The van der Waals surface area contributed by atoms with E-state index < -0.39 is 0 Å². The lowest BCUT2D eigenvalue weighted by Crippen LogP contribution is -2.35. The molecule has 118 valence electrons. The summed E-state index contributed by atoms with van der Waals surface area (Å²) in [4.78, 5) is 23.6. The van der Waals surface area contributed by atoms with Crippen molar-refractivity contribution in [1.82, 2.24) is 5.32 Å². The maximum Gasteiger partial charge on any atom is 0.307 e. The Morgan fingerprint density at radius 1 is 1.19 bits per heavy atom. The third-order valence-corrected chi connectivity index (χ3v) is 4.43. The summed E-state index contributed by atoms with van der Waals surface area (Å²) in [6, 6.07) is 0. The molecule has 2 aliphatic rings. The Kier molecular flexibility index (Phi) is 6.02. The molecule has 0 heterocycles. The lowest BCUT2D eigenvalue weighted by Gasteiger charge is -2.20. The summed E-state index contributed by atoms with van der Waals surface area (Å²) in [7, 11) is 0. The smallest absolute Gasteiger partial charge is 0.307 e. The van der Waals surface area contributed by atoms with Gasteiger partial charge in [0.25, 0.3) is 0 Å². The van der Waals surface area contributed by atoms with Gasteiger partial charge in [0, 0.05) is 6.42 Å². The van der Waals surface area contributed by atoms with Crippen LogP contribution in [0.4, 0.5) is 0 Å². The Morgan fingerprint density at radius 3 is 2.67 bits per heavy atom. The number of oxime groups is 1. The fraction of sp³-hybridized carbons (Fsp3) is 0.800. The molecule has 0 radical (unpaired) electrons. The summed E-state index contributed by atoms with van der Waals surface area (Å²) in [5.74, 6) is -0.424. The summed E-state index contributed by atoms with van der Waals surface area (Å²) in [6.07, 6.45) is 8.47. The van der Waals surface area contributed by atoms with Gasteiger partial charge in [-0.3, -0.25) is 9.59 Å². The zero-order chi connectivity index (χ0) is 15.1. The number of nitrogens with zero attached hydrogens (tertiary/aromatic N) is 1. The number of hydrogen-bond donors (Lipinski definition) is 2. The molecule has 0 aromatic carbocycles. The van der Waals surface area contributed by atoms with Crippen molar-refractivity contribution in [2.45, 2.75) is 57.8 Å². The first-order chi connectivity index (χ1) is 10.2. The van der Waals surface area contributed by atoms with E-state index >= 15 is 0 Å². The van der Waals surface area contributed by atoms with E-state index in [4.69, 9.17) is 9.94 Å². The first kappa shape index (κ1) is 15.8. The van der Waals surface area contributed by atoms with E-state index in [1.54, 1.807) is 0 Å². The minimum Gasteiger partial charge on any atom is -0.444 e. The van der Waals surface area contributed by atoms with Crippen molar-refractivity contribution in [2.75, 3.05) is 6.73 Å². The van der Waals surface area contributed by atoms with E-state index in [9.17, 15) is 9.59 Å². The molecular formula is C15H24N2O4. The van der Waals surface area contributed by atoms with Crippen LogP contribution in [0.15, 0.2) is 5.16 Å². The number of rotatable bonds is 5. The van der Waals surface area contributed by atoms with Gasteiger partial charge in [0.15, 0.2) is 6.73 Å². The highest BCUT2D eigenvalue weighted by atomic mass is 16.5. The second kappa shape index (κ2) is 8.00. The third kappa shape index (κ3) is 4.72. The molecule has 0 aromatic heterocycles. The van der Waals surface area contributed by atoms with Gasteiger partial charge in [0.2, 0.25) is 5.91 Å². The summed E-state index contributed by atoms with van der Waals surface area (Å²) in [5, 5.41) is 14.5. The SMILES string of the molecule is O=C(CC1CCCCC1)OCNC(=O)C1CCC/C1=N\O. The minimum absolute atomic E-state index is 0.0976. The zero-order valence-electron chi connectivity index (χ0n) is 12.3. The Labute approximate surface area is 124 Å². The molecule has 1 amide bonds. The standard InChI is InChI=1S/C15H24N2O4/c18-14(9-11-5-2-1-3-6-11)21-10-16-15(19)12-7-4-8-13(12)17-20/h11-12,20H,1-10H2,(H,16,19)/b17-13+. The van der Waals surface area contributed by atoms with Crippen LogP contribution in [-0.2, 0) is 14.3 Å². The molecule has 0 saturated heterocycles. The Hall–Kier alpha value is -1.59. The van der Waals surface area contributed by atoms with Gasteiger partial charge in [-0.15, -0.1) is 0 Å². The number of nitrogens with one attached hydrogen (secondary N) is 1. The molecule has 2 rings (SSSR count). The molecule has 6 nitrogen and oxygen atoms in total. The summed E-state index contributed by atoms with van der Waals surface area (Å²) in [5.41, 5.74) is 0.515. The van der Waals surface area contributed by atoms with Crippen molar-refractivity contribution < 1.29 is 19.5 Å². The van der Waals surface area contributed by atoms with Crippen LogP contribution in [0.3, 0.4) is 0 Å². The highest BCUT2D eigenvalue weighted by Gasteiger charge is 2.29. The first-order valence-electron chi connectivity index (χ1n) is 7.85. The van der Waals surface area contributed by atoms with Crippen molar-refractivity contribution in [1.29, 1.82) is 0 Å². The predicted molar refractivity (Wildman–Crippen MR) is 76.9 cm³/mol. The molecule has 21 heavy (non-hydrogen) atoms. The van der Waals surface area contributed by atoms with Crippen LogP contribution in [0.2, 0.25) is 0 Å². The molecule has 2 saturated carbocycles. The van der Waals surface area contributed by atoms with Crippen LogP contribution in [0, 0.1) is 11.8 Å². The third-order valence-electron chi connectivity index (χ3n) is 4.43. The molecule has 1 atom stereocenters. The maximum absolute atomic E-state index is 11.9. The van der Waals surface area contributed by atoms with E-state index in [1.165, 1.54) is 19.3 Å². The van der Waals surface area contributed by atoms with Gasteiger partial charge < -0.3 is 15.3 Å². The molecule has 0 bridgehead atoms. The number of carbonyl (C=O) groups excluding carboxylic acids is 2. The van der Waals surface area contributed by atoms with E-state index in [0.717, 1.165) is 19.3 Å². The normalized spacial score (nSPS) is 25.0. The van der Waals surface area contributed by atoms with Crippen LogP contribution >= 0.6 is 0 Å². The van der Waals surface area contributed by atoms with Gasteiger partial charge in [0.1, 0.15) is 0 Å². The van der Waals surface area contributed by atoms with E-state index in [0.29, 0.717) is 30.9 Å². The van der Waals surface area contributed by atoms with E-state index in [2.05, 4.69) is 10.5 Å². The summed E-state index contributed by atoms with van der Waals surface area (Å²) >= 11 is 0. The second-order valence-electron chi connectivity index (χ2n) is 5.95. The molecule has 2 fully saturated rings. The Morgan fingerprint density at radius 2 is 1.95 bits per heavy atom. The lowest BCUT2D eigenvalue weighted by atomic mass is 9.87. The number of hydrogen-bond acceptors (Lipinski definition) is 5. The fourth-order valence-corrected chi connectivity index (χ4v) is 3.23. The number of carbonyl (C=O) groups is 2. The molecule has 1 unspecified atom stereocenters. The van der Waals surface area contributed by atoms with Crippen molar-refractivity contribution in [3.8, 4) is 0 Å². The van der Waals surface area contributed by atoms with Gasteiger partial charge >= 0.3 is 5.97 Å². The quantitative estimate of drug-likeness (QED) is 0.352. The highest BCUT2D eigenvalue weighted by Crippen LogP contribution is 2.26. The first-order valence-corrected chi connectivity index (χ1v) is 7.85. The highest BCUT2D eigenvalue weighted by molar-refractivity contribution is 6.05. The topological polar surface area (TPSA) is 88.0 Å². The van der Waals surface area contributed by atoms with E-state index in [-0.39, 0.29) is 24.5 Å². The van der Waals surface area contributed by atoms with Gasteiger partial charge in [-0.25, -0.2) is 0 Å². The van der Waals surface area contributed by atoms with Crippen LogP contribution in [0.5, 0.6) is 0 Å². The number of amides is 1. The lowest BCUT2D eigenvalue weighted by molar-refractivity contribution is -0.146. The van der Waals surface area contributed by atoms with Gasteiger partial charge in [-0.2, -0.15) is 0 Å². The van der Waals surface area contributed by atoms with E-state index in [1.807, 2.05) is 0 Å². The van der Waals surface area contributed by atoms with Gasteiger partial charge in [0.05, 0.1) is 11.6 Å². The Balaban J connectivity index is 1.64. The van der Waals surface area contributed by atoms with Gasteiger partial charge in [-0.05, 0) is 38.0 Å².